The number of thiazole rings is 1. The van der Waals surface area contributed by atoms with Crippen LogP contribution in [0.2, 0.25) is 0 Å². The number of nitrogens with one attached hydrogen (secondary N) is 1. The summed E-state index contributed by atoms with van der Waals surface area (Å²) in [6, 6.07) is 7.01. The predicted molar refractivity (Wildman–Crippen MR) is 99.3 cm³/mol. The Kier molecular flexibility index (Phi) is 6.94. The van der Waals surface area contributed by atoms with E-state index in [0.29, 0.717) is 29.4 Å². The third kappa shape index (κ3) is 5.29. The van der Waals surface area contributed by atoms with Gasteiger partial charge in [-0.3, -0.25) is 9.59 Å². The van der Waals surface area contributed by atoms with E-state index in [9.17, 15) is 9.59 Å². The van der Waals surface area contributed by atoms with Crippen LogP contribution in [0, 0.1) is 0 Å². The fraction of sp³-hybridized carbons (Fsp3) is 0.389. The zero-order valence-electron chi connectivity index (χ0n) is 14.7. The maximum Gasteiger partial charge on any atom is 0.267 e. The van der Waals surface area contributed by atoms with Crippen LogP contribution in [0.3, 0.4) is 0 Å². The van der Waals surface area contributed by atoms with E-state index in [0.717, 1.165) is 11.4 Å². The van der Waals surface area contributed by atoms with Gasteiger partial charge >= 0.3 is 0 Å². The molecule has 1 aromatic heterocycles. The van der Waals surface area contributed by atoms with Crippen LogP contribution in [0.5, 0.6) is 5.75 Å². The molecule has 134 valence electrons. The molecule has 1 aromatic carbocycles. The quantitative estimate of drug-likeness (QED) is 0.784. The van der Waals surface area contributed by atoms with Crippen molar-refractivity contribution in [3.8, 4) is 5.75 Å². The van der Waals surface area contributed by atoms with E-state index in [1.807, 2.05) is 20.8 Å². The monoisotopic (exact) mass is 361 g/mol. The number of ether oxygens (including phenoxy) is 1. The molecule has 2 amide bonds. The van der Waals surface area contributed by atoms with E-state index in [-0.39, 0.29) is 18.4 Å². The van der Waals surface area contributed by atoms with Crippen molar-refractivity contribution in [2.75, 3.05) is 25.0 Å². The van der Waals surface area contributed by atoms with Crippen LogP contribution in [0.25, 0.3) is 0 Å². The Labute approximate surface area is 151 Å². The molecule has 0 saturated carbocycles. The highest BCUT2D eigenvalue weighted by Gasteiger charge is 2.12. The largest absolute Gasteiger partial charge is 0.484 e. The third-order valence-corrected chi connectivity index (χ3v) is 4.79. The van der Waals surface area contributed by atoms with Crippen LogP contribution in [0.4, 0.5) is 5.69 Å². The molecule has 0 unspecified atom stereocenters. The van der Waals surface area contributed by atoms with Gasteiger partial charge in [0.25, 0.3) is 11.8 Å². The smallest absolute Gasteiger partial charge is 0.267 e. The van der Waals surface area contributed by atoms with Crippen molar-refractivity contribution in [3.63, 3.8) is 0 Å². The Balaban J connectivity index is 1.96. The first kappa shape index (κ1) is 18.9. The summed E-state index contributed by atoms with van der Waals surface area (Å²) in [7, 11) is 0. The first-order valence-electron chi connectivity index (χ1n) is 8.34. The molecule has 0 aliphatic heterocycles. The van der Waals surface area contributed by atoms with Gasteiger partial charge in [-0.05, 0) is 32.4 Å². The standard InChI is InChI=1S/C18H23N3O3S/c1-4-16-19-11-15(25-16)18(23)20-13-8-7-9-14(10-13)24-12-17(22)21(5-2)6-3/h7-11H,4-6,12H2,1-3H3,(H,20,23). The molecule has 0 spiro atoms. The van der Waals surface area contributed by atoms with Crippen molar-refractivity contribution in [1.82, 2.24) is 9.88 Å². The van der Waals surface area contributed by atoms with E-state index < -0.39 is 0 Å². The number of hydrogen-bond donors (Lipinski definition) is 1. The molecule has 7 heteroatoms. The fourth-order valence-electron chi connectivity index (χ4n) is 2.25. The van der Waals surface area contributed by atoms with Gasteiger partial charge in [-0.15, -0.1) is 11.3 Å². The minimum atomic E-state index is -0.200. The molecular formula is C18H23N3O3S. The summed E-state index contributed by atoms with van der Waals surface area (Å²) in [4.78, 5) is 30.7. The van der Waals surface area contributed by atoms with Crippen molar-refractivity contribution >= 4 is 28.8 Å². The lowest BCUT2D eigenvalue weighted by Crippen LogP contribution is -2.34. The number of carbonyl (C=O) groups excluding carboxylic acids is 2. The van der Waals surface area contributed by atoms with Gasteiger partial charge < -0.3 is 15.0 Å². The normalized spacial score (nSPS) is 10.4. The van der Waals surface area contributed by atoms with E-state index >= 15 is 0 Å². The van der Waals surface area contributed by atoms with Gasteiger partial charge in [-0.1, -0.05) is 13.0 Å². The van der Waals surface area contributed by atoms with Crippen molar-refractivity contribution in [1.29, 1.82) is 0 Å². The molecule has 0 bridgehead atoms. The summed E-state index contributed by atoms with van der Waals surface area (Å²) in [5.74, 6) is 0.279. The second-order valence-electron chi connectivity index (χ2n) is 5.31. The second-order valence-corrected chi connectivity index (χ2v) is 6.42. The molecule has 25 heavy (non-hydrogen) atoms. The lowest BCUT2D eigenvalue weighted by atomic mass is 10.3. The van der Waals surface area contributed by atoms with E-state index in [1.54, 1.807) is 35.4 Å². The van der Waals surface area contributed by atoms with Gasteiger partial charge in [0, 0.05) is 24.8 Å². The van der Waals surface area contributed by atoms with Gasteiger partial charge in [0.15, 0.2) is 6.61 Å². The molecule has 0 aliphatic rings. The van der Waals surface area contributed by atoms with Crippen LogP contribution in [-0.2, 0) is 11.2 Å². The topological polar surface area (TPSA) is 71.5 Å². The zero-order chi connectivity index (χ0) is 18.2. The van der Waals surface area contributed by atoms with E-state index in [2.05, 4.69) is 10.3 Å². The van der Waals surface area contributed by atoms with Crippen LogP contribution in [-0.4, -0.2) is 41.4 Å². The van der Waals surface area contributed by atoms with E-state index in [4.69, 9.17) is 4.74 Å². The molecule has 6 nitrogen and oxygen atoms in total. The highest BCUT2D eigenvalue weighted by molar-refractivity contribution is 7.13. The number of carbonyl (C=O) groups is 2. The van der Waals surface area contributed by atoms with Crippen LogP contribution < -0.4 is 10.1 Å². The molecule has 0 fully saturated rings. The van der Waals surface area contributed by atoms with Crippen LogP contribution >= 0.6 is 11.3 Å². The van der Waals surface area contributed by atoms with Crippen molar-refractivity contribution < 1.29 is 14.3 Å². The van der Waals surface area contributed by atoms with Gasteiger partial charge in [-0.25, -0.2) is 4.98 Å². The van der Waals surface area contributed by atoms with Gasteiger partial charge in [0.05, 0.1) is 11.2 Å². The summed E-state index contributed by atoms with van der Waals surface area (Å²) in [6.07, 6.45) is 2.39. The maximum absolute atomic E-state index is 12.2. The van der Waals surface area contributed by atoms with Gasteiger partial charge in [-0.2, -0.15) is 0 Å². The van der Waals surface area contributed by atoms with E-state index in [1.165, 1.54) is 11.3 Å². The number of rotatable bonds is 8. The number of benzene rings is 1. The summed E-state index contributed by atoms with van der Waals surface area (Å²) < 4.78 is 5.55. The third-order valence-electron chi connectivity index (χ3n) is 3.65. The summed E-state index contributed by atoms with van der Waals surface area (Å²) in [5.41, 5.74) is 0.615. The maximum atomic E-state index is 12.2. The van der Waals surface area contributed by atoms with Crippen molar-refractivity contribution in [3.05, 3.63) is 40.3 Å². The summed E-state index contributed by atoms with van der Waals surface area (Å²) in [6.45, 7) is 7.16. The lowest BCUT2D eigenvalue weighted by Gasteiger charge is -2.18. The SMILES string of the molecule is CCc1ncc(C(=O)Nc2cccc(OCC(=O)N(CC)CC)c2)s1. The Bertz CT molecular complexity index is 726. The minimum Gasteiger partial charge on any atom is -0.484 e. The average Bonchev–Trinajstić information content (AvgIpc) is 3.11. The fourth-order valence-corrected chi connectivity index (χ4v) is 3.00. The number of likely N-dealkylation sites (N-methyl/N-ethyl adjacent to an activating group) is 1. The van der Waals surface area contributed by atoms with Crippen LogP contribution in [0.15, 0.2) is 30.5 Å². The number of hydrogen-bond acceptors (Lipinski definition) is 5. The number of amides is 2. The molecule has 2 aromatic rings. The molecular weight excluding hydrogens is 338 g/mol. The number of nitrogens with zero attached hydrogens (tertiary/aromatic N) is 2. The molecule has 0 atom stereocenters. The molecule has 1 N–H and O–H groups in total. The zero-order valence-corrected chi connectivity index (χ0v) is 15.6. The van der Waals surface area contributed by atoms with Gasteiger partial charge in [0.2, 0.25) is 0 Å². The number of aryl methyl sites for hydroxylation is 1. The molecule has 0 saturated heterocycles. The Hall–Kier alpha value is -2.41. The second kappa shape index (κ2) is 9.17. The molecule has 1 heterocycles. The number of anilines is 1. The predicted octanol–water partition coefficient (Wildman–Crippen LogP) is 3.21. The first-order valence-corrected chi connectivity index (χ1v) is 9.15. The molecule has 0 radical (unpaired) electrons. The molecule has 0 aliphatic carbocycles. The van der Waals surface area contributed by atoms with Crippen LogP contribution in [0.1, 0.15) is 35.5 Å². The summed E-state index contributed by atoms with van der Waals surface area (Å²) in [5, 5.41) is 3.75. The minimum absolute atomic E-state index is 0.0201. The van der Waals surface area contributed by atoms with Crippen molar-refractivity contribution in [2.24, 2.45) is 0 Å². The lowest BCUT2D eigenvalue weighted by molar-refractivity contribution is -0.132. The highest BCUT2D eigenvalue weighted by Crippen LogP contribution is 2.20. The first-order chi connectivity index (χ1) is 12.1. The Morgan fingerprint density at radius 1 is 1.24 bits per heavy atom. The average molecular weight is 361 g/mol. The Morgan fingerprint density at radius 2 is 2.00 bits per heavy atom. The summed E-state index contributed by atoms with van der Waals surface area (Å²) >= 11 is 1.38. The Morgan fingerprint density at radius 3 is 2.64 bits per heavy atom. The highest BCUT2D eigenvalue weighted by atomic mass is 32.1. The van der Waals surface area contributed by atoms with Crippen molar-refractivity contribution in [2.45, 2.75) is 27.2 Å². The molecule has 2 rings (SSSR count). The van der Waals surface area contributed by atoms with Gasteiger partial charge in [0.1, 0.15) is 10.6 Å². The number of aromatic nitrogens is 1.